The number of likely N-dealkylation sites (tertiary alicyclic amines) is 1. The van der Waals surface area contributed by atoms with E-state index in [1.54, 1.807) is 0 Å². The van der Waals surface area contributed by atoms with Gasteiger partial charge in [0.25, 0.3) is 0 Å². The van der Waals surface area contributed by atoms with Gasteiger partial charge in [-0.15, -0.1) is 0 Å². The molecule has 1 fully saturated rings. The number of aliphatic hydroxyl groups is 1. The van der Waals surface area contributed by atoms with Gasteiger partial charge >= 0.3 is 0 Å². The zero-order valence-corrected chi connectivity index (χ0v) is 12.8. The molecule has 2 rings (SSSR count). The van der Waals surface area contributed by atoms with Crippen LogP contribution in [0, 0.1) is 5.92 Å². The highest BCUT2D eigenvalue weighted by Gasteiger charge is 2.23. The van der Waals surface area contributed by atoms with E-state index in [1.807, 2.05) is 4.90 Å². The molecule has 5 nitrogen and oxygen atoms in total. The van der Waals surface area contributed by atoms with E-state index in [9.17, 15) is 14.7 Å². The summed E-state index contributed by atoms with van der Waals surface area (Å²) in [7, 11) is 0. The minimum absolute atomic E-state index is 0.110. The van der Waals surface area contributed by atoms with Crippen LogP contribution in [-0.2, 0) is 9.59 Å². The van der Waals surface area contributed by atoms with Crippen LogP contribution in [0.25, 0.3) is 0 Å². The van der Waals surface area contributed by atoms with Gasteiger partial charge in [-0.05, 0) is 31.3 Å². The molecule has 2 aliphatic heterocycles. The number of rotatable bonds is 7. The van der Waals surface area contributed by atoms with Gasteiger partial charge in [-0.2, -0.15) is 0 Å². The Bertz CT molecular complexity index is 408. The molecule has 0 saturated carbocycles. The fourth-order valence-electron chi connectivity index (χ4n) is 2.97. The van der Waals surface area contributed by atoms with Crippen molar-refractivity contribution in [2.75, 3.05) is 19.6 Å². The molecule has 0 spiro atoms. The predicted octanol–water partition coefficient (Wildman–Crippen LogP) is 1.52. The molecule has 5 heteroatoms. The van der Waals surface area contributed by atoms with Crippen molar-refractivity contribution >= 4 is 11.8 Å². The van der Waals surface area contributed by atoms with Gasteiger partial charge in [0.1, 0.15) is 6.23 Å². The molecular weight excluding hydrogens is 268 g/mol. The number of amides is 2. The molecule has 2 amide bonds. The average molecular weight is 294 g/mol. The Kier molecular flexibility index (Phi) is 5.79. The van der Waals surface area contributed by atoms with Crippen molar-refractivity contribution in [3.63, 3.8) is 0 Å². The van der Waals surface area contributed by atoms with E-state index >= 15 is 0 Å². The van der Waals surface area contributed by atoms with E-state index < -0.39 is 6.23 Å². The van der Waals surface area contributed by atoms with E-state index in [1.165, 1.54) is 17.1 Å². The molecule has 1 N–H and O–H groups in total. The molecule has 0 aromatic carbocycles. The highest BCUT2D eigenvalue weighted by molar-refractivity contribution is 5.90. The summed E-state index contributed by atoms with van der Waals surface area (Å²) in [6.07, 6.45) is 7.72. The van der Waals surface area contributed by atoms with Crippen molar-refractivity contribution < 1.29 is 14.7 Å². The molecule has 1 unspecified atom stereocenters. The van der Waals surface area contributed by atoms with Gasteiger partial charge in [0, 0.05) is 32.1 Å². The maximum atomic E-state index is 12.0. The zero-order chi connectivity index (χ0) is 15.2. The molecule has 0 radical (unpaired) electrons. The summed E-state index contributed by atoms with van der Waals surface area (Å²) in [5.74, 6) is 0.821. The predicted molar refractivity (Wildman–Crippen MR) is 80.3 cm³/mol. The van der Waals surface area contributed by atoms with Crippen molar-refractivity contribution in [3.8, 4) is 0 Å². The molecule has 0 aromatic heterocycles. The summed E-state index contributed by atoms with van der Waals surface area (Å²) in [5, 5.41) is 9.55. The Hall–Kier alpha value is -1.36. The molecule has 1 saturated heterocycles. The molecule has 118 valence electrons. The van der Waals surface area contributed by atoms with Gasteiger partial charge in [0.05, 0.1) is 0 Å². The minimum Gasteiger partial charge on any atom is -0.370 e. The van der Waals surface area contributed by atoms with Crippen LogP contribution in [-0.4, -0.2) is 52.6 Å². The fourth-order valence-corrected chi connectivity index (χ4v) is 2.97. The highest BCUT2D eigenvalue weighted by atomic mass is 16.3. The first kappa shape index (κ1) is 16.0. The summed E-state index contributed by atoms with van der Waals surface area (Å²) >= 11 is 0. The lowest BCUT2D eigenvalue weighted by molar-refractivity contribution is -0.131. The number of unbranched alkanes of at least 4 members (excludes halogenated alkanes) is 3. The molecule has 2 atom stereocenters. The zero-order valence-electron chi connectivity index (χ0n) is 12.8. The maximum Gasteiger partial charge on any atom is 0.248 e. The second-order valence-electron chi connectivity index (χ2n) is 6.20. The normalized spacial score (nSPS) is 25.1. The summed E-state index contributed by atoms with van der Waals surface area (Å²) in [6, 6.07) is 0. The third kappa shape index (κ3) is 4.56. The van der Waals surface area contributed by atoms with Gasteiger partial charge in [-0.3, -0.25) is 9.59 Å². The highest BCUT2D eigenvalue weighted by Crippen LogP contribution is 2.17. The smallest absolute Gasteiger partial charge is 0.248 e. The second-order valence-corrected chi connectivity index (χ2v) is 6.20. The maximum absolute atomic E-state index is 12.0. The number of carbonyl (C=O) groups is 2. The molecule has 2 heterocycles. The number of hydrogen-bond acceptors (Lipinski definition) is 3. The summed E-state index contributed by atoms with van der Waals surface area (Å²) < 4.78 is 0. The van der Waals surface area contributed by atoms with Crippen molar-refractivity contribution in [2.45, 2.75) is 51.7 Å². The third-order valence-electron chi connectivity index (χ3n) is 4.33. The Balaban J connectivity index is 1.50. The number of hydrogen-bond donors (Lipinski definition) is 1. The van der Waals surface area contributed by atoms with Crippen molar-refractivity contribution in [3.05, 3.63) is 12.2 Å². The third-order valence-corrected chi connectivity index (χ3v) is 4.33. The van der Waals surface area contributed by atoms with E-state index in [2.05, 4.69) is 6.92 Å². The minimum atomic E-state index is -0.753. The SMILES string of the molecule is C[C@H]1CCN(C(=O)CCCCCCN2C(=O)C=CC2O)C1. The number of nitrogens with zero attached hydrogens (tertiary/aromatic N) is 2. The van der Waals surface area contributed by atoms with Crippen LogP contribution < -0.4 is 0 Å². The standard InChI is InChI=1S/C16H26N2O3/c1-13-9-11-17(12-13)14(19)6-4-2-3-5-10-18-15(20)7-8-16(18)21/h7-8,13,15,20H,2-6,9-12H2,1H3/t13-,15?/m0/s1. The van der Waals surface area contributed by atoms with Gasteiger partial charge in [-0.1, -0.05) is 19.8 Å². The first-order valence-electron chi connectivity index (χ1n) is 8.02. The molecule has 0 aromatic rings. The second kappa shape index (κ2) is 7.59. The first-order valence-corrected chi connectivity index (χ1v) is 8.02. The van der Waals surface area contributed by atoms with Crippen molar-refractivity contribution in [1.29, 1.82) is 0 Å². The van der Waals surface area contributed by atoms with Crippen LogP contribution in [0.15, 0.2) is 12.2 Å². The van der Waals surface area contributed by atoms with Crippen LogP contribution in [0.3, 0.4) is 0 Å². The van der Waals surface area contributed by atoms with E-state index in [0.717, 1.165) is 45.2 Å². The topological polar surface area (TPSA) is 60.9 Å². The first-order chi connectivity index (χ1) is 10.1. The van der Waals surface area contributed by atoms with Gasteiger partial charge in [-0.25, -0.2) is 0 Å². The van der Waals surface area contributed by atoms with Crippen molar-refractivity contribution in [2.24, 2.45) is 5.92 Å². The number of aliphatic hydroxyl groups excluding tert-OH is 1. The van der Waals surface area contributed by atoms with Crippen LogP contribution in [0.2, 0.25) is 0 Å². The largest absolute Gasteiger partial charge is 0.370 e. The molecule has 2 aliphatic rings. The summed E-state index contributed by atoms with van der Waals surface area (Å²) in [5.41, 5.74) is 0. The molecule has 0 bridgehead atoms. The number of carbonyl (C=O) groups excluding carboxylic acids is 2. The molecular formula is C16H26N2O3. The Labute approximate surface area is 126 Å². The van der Waals surface area contributed by atoms with Gasteiger partial charge in [0.15, 0.2) is 0 Å². The molecule has 21 heavy (non-hydrogen) atoms. The van der Waals surface area contributed by atoms with E-state index in [0.29, 0.717) is 18.9 Å². The van der Waals surface area contributed by atoms with Crippen LogP contribution in [0.1, 0.15) is 45.4 Å². The van der Waals surface area contributed by atoms with E-state index in [-0.39, 0.29) is 11.8 Å². The average Bonchev–Trinajstić information content (AvgIpc) is 3.02. The van der Waals surface area contributed by atoms with Gasteiger partial charge in [0.2, 0.25) is 11.8 Å². The lowest BCUT2D eigenvalue weighted by Crippen LogP contribution is -2.34. The lowest BCUT2D eigenvalue weighted by atomic mass is 10.1. The van der Waals surface area contributed by atoms with E-state index in [4.69, 9.17) is 0 Å². The van der Waals surface area contributed by atoms with Gasteiger partial charge < -0.3 is 14.9 Å². The van der Waals surface area contributed by atoms with Crippen LogP contribution in [0.4, 0.5) is 0 Å². The van der Waals surface area contributed by atoms with Crippen molar-refractivity contribution in [1.82, 2.24) is 9.80 Å². The fraction of sp³-hybridized carbons (Fsp3) is 0.750. The van der Waals surface area contributed by atoms with Crippen LogP contribution >= 0.6 is 0 Å². The lowest BCUT2D eigenvalue weighted by Gasteiger charge is -2.20. The Morgan fingerprint density at radius 2 is 2.10 bits per heavy atom. The summed E-state index contributed by atoms with van der Waals surface area (Å²) in [6.45, 7) is 4.61. The monoisotopic (exact) mass is 294 g/mol. The Morgan fingerprint density at radius 1 is 1.33 bits per heavy atom. The summed E-state index contributed by atoms with van der Waals surface area (Å²) in [4.78, 5) is 26.8. The molecule has 0 aliphatic carbocycles. The Morgan fingerprint density at radius 3 is 2.71 bits per heavy atom. The van der Waals surface area contributed by atoms with Crippen LogP contribution in [0.5, 0.6) is 0 Å². The quantitative estimate of drug-likeness (QED) is 0.724.